The Labute approximate surface area is 124 Å². The first-order valence-electron chi connectivity index (χ1n) is 8.78. The molecular formula is C17H33N3. The molecule has 3 rings (SSSR count). The van der Waals surface area contributed by atoms with E-state index in [1.54, 1.807) is 0 Å². The predicted molar refractivity (Wildman–Crippen MR) is 84.8 cm³/mol. The number of nitrogens with zero attached hydrogens (tertiary/aromatic N) is 2. The van der Waals surface area contributed by atoms with E-state index in [2.05, 4.69) is 23.6 Å². The highest BCUT2D eigenvalue weighted by Crippen LogP contribution is 2.49. The lowest BCUT2D eigenvalue weighted by atomic mass is 9.73. The van der Waals surface area contributed by atoms with Crippen LogP contribution in [0.1, 0.15) is 58.8 Å². The molecule has 3 nitrogen and oxygen atoms in total. The van der Waals surface area contributed by atoms with E-state index in [1.165, 1.54) is 71.1 Å². The fourth-order valence-corrected chi connectivity index (χ4v) is 5.27. The average Bonchev–Trinajstić information content (AvgIpc) is 3.07. The smallest absolute Gasteiger partial charge is 0.0383 e. The summed E-state index contributed by atoms with van der Waals surface area (Å²) in [7, 11) is 0. The van der Waals surface area contributed by atoms with Gasteiger partial charge in [0.05, 0.1) is 0 Å². The van der Waals surface area contributed by atoms with Crippen LogP contribution in [0.2, 0.25) is 0 Å². The third kappa shape index (κ3) is 2.32. The summed E-state index contributed by atoms with van der Waals surface area (Å²) in [5.74, 6) is 0. The van der Waals surface area contributed by atoms with Crippen LogP contribution in [0.5, 0.6) is 0 Å². The molecule has 2 N–H and O–H groups in total. The summed E-state index contributed by atoms with van der Waals surface area (Å²) in [6.45, 7) is 10.7. The summed E-state index contributed by atoms with van der Waals surface area (Å²) in [6, 6.07) is 0.891. The molecule has 3 fully saturated rings. The minimum Gasteiger partial charge on any atom is -0.329 e. The standard InChI is InChI=1S/C17H33N3/c1-16(2)8-5-9-17(16,14-18)20-12-10-19(11-13-20)15-6-3-4-7-15/h15H,3-14,18H2,1-2H3. The maximum atomic E-state index is 6.28. The Morgan fingerprint density at radius 3 is 2.10 bits per heavy atom. The van der Waals surface area contributed by atoms with Crippen LogP contribution in [0.3, 0.4) is 0 Å². The van der Waals surface area contributed by atoms with Crippen molar-refractivity contribution in [1.29, 1.82) is 0 Å². The second-order valence-corrected chi connectivity index (χ2v) is 7.93. The second-order valence-electron chi connectivity index (χ2n) is 7.93. The third-order valence-electron chi connectivity index (χ3n) is 6.75. The monoisotopic (exact) mass is 279 g/mol. The van der Waals surface area contributed by atoms with Gasteiger partial charge in [-0.15, -0.1) is 0 Å². The van der Waals surface area contributed by atoms with Gasteiger partial charge in [-0.05, 0) is 31.1 Å². The first kappa shape index (κ1) is 14.8. The zero-order valence-electron chi connectivity index (χ0n) is 13.5. The lowest BCUT2D eigenvalue weighted by molar-refractivity contribution is -0.0275. The van der Waals surface area contributed by atoms with Crippen molar-refractivity contribution in [2.45, 2.75) is 70.4 Å². The molecule has 3 aliphatic rings. The van der Waals surface area contributed by atoms with Crippen molar-refractivity contribution < 1.29 is 0 Å². The van der Waals surface area contributed by atoms with Crippen LogP contribution in [0.25, 0.3) is 0 Å². The van der Waals surface area contributed by atoms with Crippen LogP contribution < -0.4 is 5.73 Å². The summed E-state index contributed by atoms with van der Waals surface area (Å²) in [4.78, 5) is 5.52. The number of hydrogen-bond acceptors (Lipinski definition) is 3. The van der Waals surface area contributed by atoms with Gasteiger partial charge in [0.15, 0.2) is 0 Å². The molecule has 1 heterocycles. The van der Waals surface area contributed by atoms with Gasteiger partial charge >= 0.3 is 0 Å². The van der Waals surface area contributed by atoms with E-state index >= 15 is 0 Å². The van der Waals surface area contributed by atoms with Crippen LogP contribution in [0.4, 0.5) is 0 Å². The predicted octanol–water partition coefficient (Wildman–Crippen LogP) is 2.45. The van der Waals surface area contributed by atoms with Crippen molar-refractivity contribution in [1.82, 2.24) is 9.80 Å². The Hall–Kier alpha value is -0.120. The van der Waals surface area contributed by atoms with E-state index in [4.69, 9.17) is 5.73 Å². The van der Waals surface area contributed by atoms with Gasteiger partial charge in [0, 0.05) is 44.3 Å². The van der Waals surface area contributed by atoms with Gasteiger partial charge in [-0.2, -0.15) is 0 Å². The van der Waals surface area contributed by atoms with E-state index < -0.39 is 0 Å². The molecule has 0 bridgehead atoms. The van der Waals surface area contributed by atoms with Crippen molar-refractivity contribution in [3.05, 3.63) is 0 Å². The minimum atomic E-state index is 0.273. The van der Waals surface area contributed by atoms with Crippen molar-refractivity contribution in [2.75, 3.05) is 32.7 Å². The highest BCUT2D eigenvalue weighted by Gasteiger charge is 2.52. The Kier molecular flexibility index (Phi) is 4.13. The summed E-state index contributed by atoms with van der Waals surface area (Å²) in [5, 5.41) is 0. The van der Waals surface area contributed by atoms with Gasteiger partial charge in [0.2, 0.25) is 0 Å². The Bertz CT molecular complexity index is 327. The molecule has 0 aromatic rings. The molecule has 3 heteroatoms. The molecule has 0 spiro atoms. The quantitative estimate of drug-likeness (QED) is 0.861. The van der Waals surface area contributed by atoms with Crippen LogP contribution in [0, 0.1) is 5.41 Å². The van der Waals surface area contributed by atoms with Gasteiger partial charge in [-0.1, -0.05) is 33.1 Å². The molecule has 1 unspecified atom stereocenters. The van der Waals surface area contributed by atoms with Crippen molar-refractivity contribution in [3.8, 4) is 0 Å². The molecule has 0 aromatic heterocycles. The molecule has 1 saturated heterocycles. The van der Waals surface area contributed by atoms with Gasteiger partial charge in [-0.3, -0.25) is 9.80 Å². The molecular weight excluding hydrogens is 246 g/mol. The summed E-state index contributed by atoms with van der Waals surface area (Å²) in [5.41, 5.74) is 6.94. The van der Waals surface area contributed by atoms with Gasteiger partial charge in [0.1, 0.15) is 0 Å². The summed E-state index contributed by atoms with van der Waals surface area (Å²) < 4.78 is 0. The minimum absolute atomic E-state index is 0.273. The fourth-order valence-electron chi connectivity index (χ4n) is 5.27. The van der Waals surface area contributed by atoms with E-state index in [-0.39, 0.29) is 5.54 Å². The van der Waals surface area contributed by atoms with Crippen molar-refractivity contribution >= 4 is 0 Å². The van der Waals surface area contributed by atoms with E-state index in [9.17, 15) is 0 Å². The lowest BCUT2D eigenvalue weighted by Crippen LogP contribution is -2.64. The lowest BCUT2D eigenvalue weighted by Gasteiger charge is -2.52. The van der Waals surface area contributed by atoms with Gasteiger partial charge in [0.25, 0.3) is 0 Å². The second kappa shape index (κ2) is 5.58. The SMILES string of the molecule is CC1(C)CCCC1(CN)N1CCN(C2CCCC2)CC1. The first-order valence-corrected chi connectivity index (χ1v) is 8.78. The molecule has 0 radical (unpaired) electrons. The van der Waals surface area contributed by atoms with Crippen molar-refractivity contribution in [3.63, 3.8) is 0 Å². The molecule has 1 atom stereocenters. The molecule has 0 aromatic carbocycles. The number of hydrogen-bond donors (Lipinski definition) is 1. The largest absolute Gasteiger partial charge is 0.329 e. The topological polar surface area (TPSA) is 32.5 Å². The highest BCUT2D eigenvalue weighted by atomic mass is 15.3. The Morgan fingerprint density at radius 2 is 1.60 bits per heavy atom. The molecule has 116 valence electrons. The van der Waals surface area contributed by atoms with Crippen LogP contribution in [-0.2, 0) is 0 Å². The number of piperazine rings is 1. The molecule has 2 saturated carbocycles. The maximum absolute atomic E-state index is 6.28. The molecule has 2 aliphatic carbocycles. The molecule has 20 heavy (non-hydrogen) atoms. The van der Waals surface area contributed by atoms with Crippen LogP contribution in [-0.4, -0.2) is 54.1 Å². The summed E-state index contributed by atoms with van der Waals surface area (Å²) in [6.07, 6.45) is 9.77. The van der Waals surface area contributed by atoms with Gasteiger partial charge < -0.3 is 5.73 Å². The number of nitrogens with two attached hydrogens (primary N) is 1. The van der Waals surface area contributed by atoms with Gasteiger partial charge in [-0.25, -0.2) is 0 Å². The Balaban J connectivity index is 1.64. The number of rotatable bonds is 3. The third-order valence-corrected chi connectivity index (χ3v) is 6.75. The zero-order valence-corrected chi connectivity index (χ0v) is 13.5. The van der Waals surface area contributed by atoms with Crippen LogP contribution >= 0.6 is 0 Å². The zero-order chi connectivity index (χ0) is 14.2. The summed E-state index contributed by atoms with van der Waals surface area (Å²) >= 11 is 0. The normalized spacial score (nSPS) is 36.8. The molecule has 0 amide bonds. The van der Waals surface area contributed by atoms with Crippen molar-refractivity contribution in [2.24, 2.45) is 11.1 Å². The maximum Gasteiger partial charge on any atom is 0.0383 e. The van der Waals surface area contributed by atoms with E-state index in [0.717, 1.165) is 12.6 Å². The highest BCUT2D eigenvalue weighted by molar-refractivity contribution is 5.08. The fraction of sp³-hybridized carbons (Fsp3) is 1.00. The van der Waals surface area contributed by atoms with Crippen LogP contribution in [0.15, 0.2) is 0 Å². The average molecular weight is 279 g/mol. The van der Waals surface area contributed by atoms with E-state index in [0.29, 0.717) is 5.41 Å². The van der Waals surface area contributed by atoms with E-state index in [1.807, 2.05) is 0 Å². The Morgan fingerprint density at radius 1 is 0.950 bits per heavy atom. The first-order chi connectivity index (χ1) is 9.59. The molecule has 1 aliphatic heterocycles.